The maximum absolute atomic E-state index is 13.0. The van der Waals surface area contributed by atoms with Crippen molar-refractivity contribution in [3.63, 3.8) is 0 Å². The van der Waals surface area contributed by atoms with Crippen LogP contribution in [0.3, 0.4) is 0 Å². The molecule has 0 aliphatic carbocycles. The Morgan fingerprint density at radius 3 is 2.52 bits per heavy atom. The van der Waals surface area contributed by atoms with Gasteiger partial charge in [0.1, 0.15) is 5.69 Å². The number of amides is 1. The number of rotatable bonds is 5. The van der Waals surface area contributed by atoms with E-state index in [0.29, 0.717) is 5.69 Å². The monoisotopic (exact) mass is 346 g/mol. The predicted molar refractivity (Wildman–Crippen MR) is 84.7 cm³/mol. The van der Waals surface area contributed by atoms with Crippen LogP contribution < -0.4 is 16.6 Å². The summed E-state index contributed by atoms with van der Waals surface area (Å²) in [6.45, 7) is 0.145. The second-order valence-corrected chi connectivity index (χ2v) is 4.92. The van der Waals surface area contributed by atoms with E-state index in [1.54, 1.807) is 12.1 Å². The zero-order valence-electron chi connectivity index (χ0n) is 12.3. The highest BCUT2D eigenvalue weighted by Crippen LogP contribution is 2.09. The van der Waals surface area contributed by atoms with Crippen LogP contribution in [0.2, 0.25) is 0 Å². The number of nitrogens with zero attached hydrogens (tertiary/aromatic N) is 1. The fraction of sp³-hybridized carbons (Fsp3) is 0.286. The lowest BCUT2D eigenvalue weighted by molar-refractivity contribution is 0.0118. The van der Waals surface area contributed by atoms with Crippen molar-refractivity contribution >= 4 is 18.3 Å². The van der Waals surface area contributed by atoms with Gasteiger partial charge < -0.3 is 11.1 Å². The van der Waals surface area contributed by atoms with Gasteiger partial charge in [-0.3, -0.25) is 14.7 Å². The number of carbonyl (C=O) groups is 1. The SMILES string of the molecule is Cc1ccc(-n2[nH]c(C(=O)NCC(F)(F)CN)cc2=O)cc1.Cl. The summed E-state index contributed by atoms with van der Waals surface area (Å²) < 4.78 is 27.2. The number of aromatic nitrogens is 2. The van der Waals surface area contributed by atoms with Crippen LogP contribution in [0.15, 0.2) is 35.1 Å². The number of aromatic amines is 1. The molecule has 0 unspecified atom stereocenters. The molecule has 23 heavy (non-hydrogen) atoms. The largest absolute Gasteiger partial charge is 0.345 e. The zero-order chi connectivity index (χ0) is 16.3. The van der Waals surface area contributed by atoms with Crippen molar-refractivity contribution in [1.82, 2.24) is 15.1 Å². The van der Waals surface area contributed by atoms with Gasteiger partial charge in [0, 0.05) is 6.07 Å². The fourth-order valence-corrected chi connectivity index (χ4v) is 1.77. The first kappa shape index (κ1) is 18.9. The van der Waals surface area contributed by atoms with Gasteiger partial charge in [0.05, 0.1) is 18.8 Å². The van der Waals surface area contributed by atoms with Gasteiger partial charge >= 0.3 is 0 Å². The number of nitrogens with two attached hydrogens (primary N) is 1. The number of hydrogen-bond donors (Lipinski definition) is 3. The first-order valence-electron chi connectivity index (χ1n) is 6.57. The zero-order valence-corrected chi connectivity index (χ0v) is 13.1. The molecule has 9 heteroatoms. The minimum Gasteiger partial charge on any atom is -0.345 e. The number of H-pyrrole nitrogens is 1. The number of hydrogen-bond acceptors (Lipinski definition) is 3. The molecule has 0 aliphatic rings. The smallest absolute Gasteiger partial charge is 0.277 e. The van der Waals surface area contributed by atoms with E-state index in [4.69, 9.17) is 5.73 Å². The molecule has 1 heterocycles. The lowest BCUT2D eigenvalue weighted by Crippen LogP contribution is -2.41. The van der Waals surface area contributed by atoms with E-state index in [1.807, 2.05) is 24.4 Å². The van der Waals surface area contributed by atoms with E-state index in [2.05, 4.69) is 5.10 Å². The lowest BCUT2D eigenvalue weighted by atomic mass is 10.2. The summed E-state index contributed by atoms with van der Waals surface area (Å²) in [5.74, 6) is -3.98. The Bertz CT molecular complexity index is 725. The van der Waals surface area contributed by atoms with Gasteiger partial charge in [-0.2, -0.15) is 0 Å². The molecule has 2 aromatic rings. The second-order valence-electron chi connectivity index (χ2n) is 4.92. The van der Waals surface area contributed by atoms with Crippen LogP contribution in [0.1, 0.15) is 16.1 Å². The summed E-state index contributed by atoms with van der Waals surface area (Å²) in [4.78, 5) is 23.7. The van der Waals surface area contributed by atoms with Crippen molar-refractivity contribution in [2.45, 2.75) is 12.8 Å². The number of halogens is 3. The van der Waals surface area contributed by atoms with Crippen LogP contribution in [0.4, 0.5) is 8.78 Å². The molecule has 0 atom stereocenters. The summed E-state index contributed by atoms with van der Waals surface area (Å²) in [5.41, 5.74) is 5.89. The maximum Gasteiger partial charge on any atom is 0.277 e. The molecule has 126 valence electrons. The Hall–Kier alpha value is -2.19. The van der Waals surface area contributed by atoms with Crippen LogP contribution >= 0.6 is 12.4 Å². The van der Waals surface area contributed by atoms with E-state index in [0.717, 1.165) is 16.3 Å². The molecule has 0 saturated heterocycles. The van der Waals surface area contributed by atoms with Gasteiger partial charge in [-0.15, -0.1) is 12.4 Å². The summed E-state index contributed by atoms with van der Waals surface area (Å²) in [6, 6.07) is 8.08. The first-order valence-corrected chi connectivity index (χ1v) is 6.57. The molecule has 1 aromatic heterocycles. The molecule has 0 saturated carbocycles. The van der Waals surface area contributed by atoms with Gasteiger partial charge in [-0.25, -0.2) is 13.5 Å². The normalized spacial score (nSPS) is 11.0. The average molecular weight is 347 g/mol. The van der Waals surface area contributed by atoms with E-state index in [9.17, 15) is 18.4 Å². The molecule has 0 spiro atoms. The Labute approximate surface area is 137 Å². The minimum absolute atomic E-state index is 0. The van der Waals surface area contributed by atoms with Crippen molar-refractivity contribution in [2.24, 2.45) is 5.73 Å². The molecule has 0 bridgehead atoms. The number of aryl methyl sites for hydroxylation is 1. The second kappa shape index (κ2) is 7.38. The third kappa shape index (κ3) is 4.64. The Balaban J connectivity index is 0.00000264. The van der Waals surface area contributed by atoms with Gasteiger partial charge in [-0.1, -0.05) is 17.7 Å². The standard InChI is InChI=1S/C14H16F2N4O2.ClH/c1-9-2-4-10(5-3-9)20-12(21)6-11(19-20)13(22)18-8-14(15,16)7-17;/h2-6,19H,7-8,17H2,1H3,(H,18,22);1H. The average Bonchev–Trinajstić information content (AvgIpc) is 2.88. The summed E-state index contributed by atoms with van der Waals surface area (Å²) in [6.07, 6.45) is 0. The summed E-state index contributed by atoms with van der Waals surface area (Å²) in [7, 11) is 0. The van der Waals surface area contributed by atoms with E-state index < -0.39 is 30.5 Å². The van der Waals surface area contributed by atoms with Crippen LogP contribution in [0.5, 0.6) is 0 Å². The minimum atomic E-state index is -3.19. The topological polar surface area (TPSA) is 92.9 Å². The summed E-state index contributed by atoms with van der Waals surface area (Å²) in [5, 5.41) is 4.63. The van der Waals surface area contributed by atoms with Crippen molar-refractivity contribution in [3.05, 3.63) is 51.9 Å². The highest BCUT2D eigenvalue weighted by atomic mass is 35.5. The highest BCUT2D eigenvalue weighted by molar-refractivity contribution is 5.92. The third-order valence-electron chi connectivity index (χ3n) is 3.06. The molecule has 6 nitrogen and oxygen atoms in total. The van der Waals surface area contributed by atoms with Crippen molar-refractivity contribution in [2.75, 3.05) is 13.1 Å². The fourth-order valence-electron chi connectivity index (χ4n) is 1.77. The van der Waals surface area contributed by atoms with Crippen molar-refractivity contribution < 1.29 is 13.6 Å². The highest BCUT2D eigenvalue weighted by Gasteiger charge is 2.27. The van der Waals surface area contributed by atoms with Crippen LogP contribution in [-0.2, 0) is 0 Å². The predicted octanol–water partition coefficient (Wildman–Crippen LogP) is 1.22. The van der Waals surface area contributed by atoms with Crippen molar-refractivity contribution in [1.29, 1.82) is 0 Å². The number of carbonyl (C=O) groups excluding carboxylic acids is 1. The molecular formula is C14H17ClF2N4O2. The molecule has 1 amide bonds. The van der Waals surface area contributed by atoms with Gasteiger partial charge in [-0.05, 0) is 19.1 Å². The quantitative estimate of drug-likeness (QED) is 0.760. The van der Waals surface area contributed by atoms with Gasteiger partial charge in [0.2, 0.25) is 0 Å². The Kier molecular flexibility index (Phi) is 6.05. The van der Waals surface area contributed by atoms with E-state index in [1.165, 1.54) is 0 Å². The van der Waals surface area contributed by atoms with E-state index in [-0.39, 0.29) is 18.1 Å². The molecule has 0 fully saturated rings. The Morgan fingerprint density at radius 1 is 1.35 bits per heavy atom. The van der Waals surface area contributed by atoms with Crippen molar-refractivity contribution in [3.8, 4) is 5.69 Å². The summed E-state index contributed by atoms with van der Waals surface area (Å²) >= 11 is 0. The molecule has 4 N–H and O–H groups in total. The van der Waals surface area contributed by atoms with E-state index >= 15 is 0 Å². The lowest BCUT2D eigenvalue weighted by Gasteiger charge is -2.13. The molecule has 1 aromatic carbocycles. The number of alkyl halides is 2. The van der Waals surface area contributed by atoms with Crippen LogP contribution in [-0.4, -0.2) is 34.7 Å². The maximum atomic E-state index is 13.0. The van der Waals surface area contributed by atoms with Crippen LogP contribution in [0, 0.1) is 6.92 Å². The van der Waals surface area contributed by atoms with Gasteiger partial charge in [0.15, 0.2) is 0 Å². The molecular weight excluding hydrogens is 330 g/mol. The Morgan fingerprint density at radius 2 is 1.96 bits per heavy atom. The molecule has 2 rings (SSSR count). The van der Waals surface area contributed by atoms with Gasteiger partial charge in [0.25, 0.3) is 17.4 Å². The molecule has 0 radical (unpaired) electrons. The van der Waals surface area contributed by atoms with Crippen LogP contribution in [0.25, 0.3) is 5.69 Å². The number of nitrogens with one attached hydrogen (secondary N) is 2. The molecule has 0 aliphatic heterocycles. The first-order chi connectivity index (χ1) is 10.3. The number of benzene rings is 1. The third-order valence-corrected chi connectivity index (χ3v) is 3.06.